The third-order valence-electron chi connectivity index (χ3n) is 2.64. The summed E-state index contributed by atoms with van der Waals surface area (Å²) >= 11 is 6.13. The SMILES string of the molecule is CCNC(c1csc(I)c1)c1ccc(CC)s1. The van der Waals surface area contributed by atoms with Gasteiger partial charge in [0.25, 0.3) is 0 Å². The summed E-state index contributed by atoms with van der Waals surface area (Å²) in [6.45, 7) is 5.38. The normalized spacial score (nSPS) is 12.9. The minimum absolute atomic E-state index is 0.366. The highest BCUT2D eigenvalue weighted by Gasteiger charge is 2.16. The van der Waals surface area contributed by atoms with Gasteiger partial charge in [0.2, 0.25) is 0 Å². The molecule has 17 heavy (non-hydrogen) atoms. The van der Waals surface area contributed by atoms with Gasteiger partial charge in [-0.1, -0.05) is 13.8 Å². The van der Waals surface area contributed by atoms with Crippen LogP contribution in [-0.2, 0) is 6.42 Å². The van der Waals surface area contributed by atoms with Gasteiger partial charge in [-0.2, -0.15) is 0 Å². The maximum Gasteiger partial charge on any atom is 0.0679 e. The number of rotatable bonds is 5. The van der Waals surface area contributed by atoms with Gasteiger partial charge in [0.1, 0.15) is 0 Å². The molecular weight excluding hydrogens is 361 g/mol. The van der Waals surface area contributed by atoms with E-state index in [4.69, 9.17) is 0 Å². The Morgan fingerprint density at radius 2 is 2.18 bits per heavy atom. The molecule has 0 fully saturated rings. The van der Waals surface area contributed by atoms with Crippen LogP contribution in [0.2, 0.25) is 0 Å². The molecule has 0 aromatic carbocycles. The third-order valence-corrected chi connectivity index (χ3v) is 5.75. The highest BCUT2D eigenvalue weighted by atomic mass is 127. The molecule has 0 bridgehead atoms. The van der Waals surface area contributed by atoms with Crippen molar-refractivity contribution in [2.75, 3.05) is 6.54 Å². The molecular formula is C13H16INS2. The maximum absolute atomic E-state index is 3.58. The van der Waals surface area contributed by atoms with Crippen LogP contribution in [0, 0.1) is 2.88 Å². The van der Waals surface area contributed by atoms with Crippen LogP contribution >= 0.6 is 45.3 Å². The van der Waals surface area contributed by atoms with Crippen molar-refractivity contribution in [2.45, 2.75) is 26.3 Å². The van der Waals surface area contributed by atoms with Gasteiger partial charge in [-0.15, -0.1) is 22.7 Å². The van der Waals surface area contributed by atoms with Crippen molar-refractivity contribution in [3.8, 4) is 0 Å². The molecule has 2 aromatic rings. The first-order valence-electron chi connectivity index (χ1n) is 5.80. The summed E-state index contributed by atoms with van der Waals surface area (Å²) in [5, 5.41) is 5.84. The van der Waals surface area contributed by atoms with E-state index in [0.717, 1.165) is 13.0 Å². The number of nitrogens with one attached hydrogen (secondary N) is 1. The lowest BCUT2D eigenvalue weighted by atomic mass is 10.1. The van der Waals surface area contributed by atoms with E-state index in [2.05, 4.69) is 65.3 Å². The largest absolute Gasteiger partial charge is 0.306 e. The van der Waals surface area contributed by atoms with Crippen LogP contribution in [-0.4, -0.2) is 6.54 Å². The van der Waals surface area contributed by atoms with Crippen LogP contribution in [0.25, 0.3) is 0 Å². The van der Waals surface area contributed by atoms with Crippen LogP contribution in [0.5, 0.6) is 0 Å². The van der Waals surface area contributed by atoms with Gasteiger partial charge in [-0.3, -0.25) is 0 Å². The van der Waals surface area contributed by atoms with Crippen molar-refractivity contribution in [3.05, 3.63) is 41.8 Å². The van der Waals surface area contributed by atoms with Crippen LogP contribution in [0.3, 0.4) is 0 Å². The second kappa shape index (κ2) is 6.31. The summed E-state index contributed by atoms with van der Waals surface area (Å²) in [5.41, 5.74) is 1.39. The summed E-state index contributed by atoms with van der Waals surface area (Å²) < 4.78 is 1.35. The molecule has 0 aliphatic carbocycles. The van der Waals surface area contributed by atoms with E-state index < -0.39 is 0 Å². The molecule has 0 radical (unpaired) electrons. The predicted molar refractivity (Wildman–Crippen MR) is 86.3 cm³/mol. The van der Waals surface area contributed by atoms with Gasteiger partial charge in [0, 0.05) is 9.75 Å². The number of hydrogen-bond donors (Lipinski definition) is 1. The maximum atomic E-state index is 3.58. The van der Waals surface area contributed by atoms with E-state index >= 15 is 0 Å². The fourth-order valence-corrected chi connectivity index (χ4v) is 4.26. The monoisotopic (exact) mass is 377 g/mol. The lowest BCUT2D eigenvalue weighted by Gasteiger charge is -2.14. The zero-order chi connectivity index (χ0) is 12.3. The smallest absolute Gasteiger partial charge is 0.0679 e. The molecule has 1 atom stereocenters. The Kier molecular flexibility index (Phi) is 5.02. The summed E-state index contributed by atoms with van der Waals surface area (Å²) in [6, 6.07) is 7.16. The van der Waals surface area contributed by atoms with Crippen LogP contribution in [0.15, 0.2) is 23.6 Å². The topological polar surface area (TPSA) is 12.0 Å². The molecule has 2 heterocycles. The predicted octanol–water partition coefficient (Wildman–Crippen LogP) is 4.68. The Labute approximate surface area is 124 Å². The standard InChI is InChI=1S/C13H16INS2/c1-3-10-5-6-11(17-10)13(15-4-2)9-7-12(14)16-8-9/h5-8,13,15H,3-4H2,1-2H3. The van der Waals surface area contributed by atoms with Crippen molar-refractivity contribution in [1.29, 1.82) is 0 Å². The molecule has 1 nitrogen and oxygen atoms in total. The molecule has 2 aromatic heterocycles. The fourth-order valence-electron chi connectivity index (χ4n) is 1.80. The number of thiophene rings is 2. The number of halogens is 1. The molecule has 0 aliphatic heterocycles. The lowest BCUT2D eigenvalue weighted by Crippen LogP contribution is -2.20. The van der Waals surface area contributed by atoms with Gasteiger partial charge in [-0.25, -0.2) is 0 Å². The van der Waals surface area contributed by atoms with Crippen molar-refractivity contribution >= 4 is 45.3 Å². The summed E-state index contributed by atoms with van der Waals surface area (Å²) in [5.74, 6) is 0. The lowest BCUT2D eigenvalue weighted by molar-refractivity contribution is 0.641. The molecule has 0 spiro atoms. The van der Waals surface area contributed by atoms with E-state index in [0.29, 0.717) is 6.04 Å². The van der Waals surface area contributed by atoms with E-state index in [9.17, 15) is 0 Å². The Morgan fingerprint density at radius 3 is 2.71 bits per heavy atom. The minimum atomic E-state index is 0.366. The molecule has 92 valence electrons. The van der Waals surface area contributed by atoms with Gasteiger partial charge in [0.05, 0.1) is 8.93 Å². The summed E-state index contributed by atoms with van der Waals surface area (Å²) in [4.78, 5) is 2.89. The Bertz CT molecular complexity index is 475. The first-order chi connectivity index (χ1) is 8.24. The van der Waals surface area contributed by atoms with Crippen molar-refractivity contribution < 1.29 is 0 Å². The first-order valence-corrected chi connectivity index (χ1v) is 8.58. The van der Waals surface area contributed by atoms with E-state index in [1.54, 1.807) is 0 Å². The molecule has 1 unspecified atom stereocenters. The summed E-state index contributed by atoms with van der Waals surface area (Å²) in [6.07, 6.45) is 1.13. The average Bonchev–Trinajstić information content (AvgIpc) is 2.94. The molecule has 0 saturated heterocycles. The Balaban J connectivity index is 2.28. The van der Waals surface area contributed by atoms with Crippen molar-refractivity contribution in [3.63, 3.8) is 0 Å². The van der Waals surface area contributed by atoms with Crippen LogP contribution < -0.4 is 5.32 Å². The average molecular weight is 377 g/mol. The molecule has 0 amide bonds. The summed E-state index contributed by atoms with van der Waals surface area (Å²) in [7, 11) is 0. The highest BCUT2D eigenvalue weighted by Crippen LogP contribution is 2.31. The Morgan fingerprint density at radius 1 is 1.35 bits per heavy atom. The van der Waals surface area contributed by atoms with Crippen molar-refractivity contribution in [2.24, 2.45) is 0 Å². The quantitative estimate of drug-likeness (QED) is 0.747. The van der Waals surface area contributed by atoms with Gasteiger partial charge >= 0.3 is 0 Å². The molecule has 1 N–H and O–H groups in total. The van der Waals surface area contributed by atoms with Crippen LogP contribution in [0.4, 0.5) is 0 Å². The fraction of sp³-hybridized carbons (Fsp3) is 0.385. The zero-order valence-electron chi connectivity index (χ0n) is 10.00. The number of hydrogen-bond acceptors (Lipinski definition) is 3. The molecule has 4 heteroatoms. The second-order valence-corrected chi connectivity index (χ2v) is 7.84. The van der Waals surface area contributed by atoms with E-state index in [1.807, 2.05) is 22.7 Å². The Hall–Kier alpha value is 0.0900. The minimum Gasteiger partial charge on any atom is -0.306 e. The van der Waals surface area contributed by atoms with E-state index in [-0.39, 0.29) is 0 Å². The highest BCUT2D eigenvalue weighted by molar-refractivity contribution is 14.1. The van der Waals surface area contributed by atoms with Gasteiger partial charge < -0.3 is 5.32 Å². The van der Waals surface area contributed by atoms with Crippen LogP contribution in [0.1, 0.15) is 35.2 Å². The zero-order valence-corrected chi connectivity index (χ0v) is 13.8. The molecule has 2 rings (SSSR count). The molecule has 0 saturated carbocycles. The number of aryl methyl sites for hydroxylation is 1. The van der Waals surface area contributed by atoms with Crippen molar-refractivity contribution in [1.82, 2.24) is 5.32 Å². The van der Waals surface area contributed by atoms with Gasteiger partial charge in [0.15, 0.2) is 0 Å². The third kappa shape index (κ3) is 3.30. The second-order valence-electron chi connectivity index (χ2n) is 3.83. The van der Waals surface area contributed by atoms with E-state index in [1.165, 1.54) is 18.2 Å². The first kappa shape index (κ1) is 13.5. The van der Waals surface area contributed by atoms with Gasteiger partial charge in [-0.05, 0) is 64.7 Å². The molecule has 0 aliphatic rings.